The smallest absolute Gasteiger partial charge is 0.413 e. The van der Waals surface area contributed by atoms with Crippen LogP contribution in [-0.4, -0.2) is 32.9 Å². The van der Waals surface area contributed by atoms with Gasteiger partial charge in [-0.05, 0) is 42.3 Å². The Balaban J connectivity index is 1.77. The number of aromatic hydroxyl groups is 1. The van der Waals surface area contributed by atoms with E-state index in [1.54, 1.807) is 16.6 Å². The zero-order chi connectivity index (χ0) is 20.8. The Hall–Kier alpha value is -4.07. The van der Waals surface area contributed by atoms with Crippen LogP contribution >= 0.6 is 0 Å². The Bertz CT molecular complexity index is 1300. The van der Waals surface area contributed by atoms with E-state index >= 15 is 0 Å². The molecule has 3 N–H and O–H groups in total. The number of phenols is 1. The van der Waals surface area contributed by atoms with Crippen LogP contribution in [0.4, 0.5) is 16.4 Å². The molecule has 0 bridgehead atoms. The van der Waals surface area contributed by atoms with Crippen molar-refractivity contribution in [3.63, 3.8) is 0 Å². The predicted molar refractivity (Wildman–Crippen MR) is 113 cm³/mol. The fourth-order valence-corrected chi connectivity index (χ4v) is 3.94. The fourth-order valence-electron chi connectivity index (χ4n) is 3.94. The van der Waals surface area contributed by atoms with Gasteiger partial charge in [-0.25, -0.2) is 14.3 Å². The van der Waals surface area contributed by atoms with Crippen molar-refractivity contribution in [1.29, 1.82) is 0 Å². The third-order valence-corrected chi connectivity index (χ3v) is 5.30. The number of hydrogen-bond acceptors (Lipinski definition) is 6. The molecule has 0 fully saturated rings. The lowest BCUT2D eigenvalue weighted by molar-refractivity contribution is 0.186. The first-order chi connectivity index (χ1) is 14.5. The van der Waals surface area contributed by atoms with E-state index in [9.17, 15) is 9.90 Å². The van der Waals surface area contributed by atoms with Gasteiger partial charge in [0, 0.05) is 23.0 Å². The molecule has 1 aliphatic heterocycles. The molecule has 1 amide bonds. The summed E-state index contributed by atoms with van der Waals surface area (Å²) >= 11 is 0. The number of ether oxygens (including phenoxy) is 1. The van der Waals surface area contributed by atoms with Gasteiger partial charge in [0.05, 0.1) is 18.7 Å². The molecular formula is C22H19N5O3. The number of hydrogen-bond donors (Lipinski definition) is 3. The maximum absolute atomic E-state index is 11.7. The third-order valence-electron chi connectivity index (χ3n) is 5.30. The molecular weight excluding hydrogens is 382 g/mol. The molecule has 4 aromatic rings. The number of methoxy groups -OCH3 is 1. The molecule has 3 heterocycles. The Morgan fingerprint density at radius 2 is 2.03 bits per heavy atom. The molecule has 0 aliphatic carbocycles. The van der Waals surface area contributed by atoms with Gasteiger partial charge in [-0.15, -0.1) is 5.10 Å². The molecule has 0 saturated heterocycles. The van der Waals surface area contributed by atoms with Crippen LogP contribution in [0.5, 0.6) is 5.75 Å². The number of aromatic nitrogens is 3. The van der Waals surface area contributed by atoms with E-state index in [1.807, 2.05) is 49.5 Å². The standard InChI is InChI=1S/C22H19N5O3/c1-12-11-13(28)7-8-14(12)18-16-9-10-27-20(16)19(15-5-3-4-6-17(15)23-18)24-21(26-27)25-22(29)30-2/h3-11,18,23,28H,1-2H3,(H,25,26,29). The number of benzene rings is 2. The van der Waals surface area contributed by atoms with Gasteiger partial charge in [-0.2, -0.15) is 0 Å². The van der Waals surface area contributed by atoms with Crippen molar-refractivity contribution in [1.82, 2.24) is 14.6 Å². The maximum atomic E-state index is 11.7. The number of carbonyl (C=O) groups is 1. The lowest BCUT2D eigenvalue weighted by Gasteiger charge is -2.21. The van der Waals surface area contributed by atoms with Crippen LogP contribution in [0.1, 0.15) is 22.7 Å². The Morgan fingerprint density at radius 1 is 1.20 bits per heavy atom. The van der Waals surface area contributed by atoms with Crippen LogP contribution in [0.2, 0.25) is 0 Å². The zero-order valence-corrected chi connectivity index (χ0v) is 16.4. The van der Waals surface area contributed by atoms with Crippen LogP contribution in [0.25, 0.3) is 16.8 Å². The summed E-state index contributed by atoms with van der Waals surface area (Å²) in [6.45, 7) is 1.97. The van der Waals surface area contributed by atoms with E-state index in [-0.39, 0.29) is 17.7 Å². The average molecular weight is 401 g/mol. The summed E-state index contributed by atoms with van der Waals surface area (Å²) in [4.78, 5) is 16.3. The van der Waals surface area contributed by atoms with Crippen molar-refractivity contribution >= 4 is 23.2 Å². The summed E-state index contributed by atoms with van der Waals surface area (Å²) < 4.78 is 6.40. The van der Waals surface area contributed by atoms with Crippen molar-refractivity contribution in [3.05, 3.63) is 71.4 Å². The van der Waals surface area contributed by atoms with Gasteiger partial charge in [-0.3, -0.25) is 5.32 Å². The van der Waals surface area contributed by atoms with Gasteiger partial charge in [-0.1, -0.05) is 24.3 Å². The van der Waals surface area contributed by atoms with Gasteiger partial charge in [0.1, 0.15) is 11.4 Å². The number of rotatable bonds is 2. The topological polar surface area (TPSA) is 101 Å². The van der Waals surface area contributed by atoms with Crippen molar-refractivity contribution < 1.29 is 14.6 Å². The monoisotopic (exact) mass is 401 g/mol. The van der Waals surface area contributed by atoms with Crippen LogP contribution in [0.3, 0.4) is 0 Å². The second kappa shape index (κ2) is 6.77. The van der Waals surface area contributed by atoms with Gasteiger partial charge < -0.3 is 15.2 Å². The molecule has 8 heteroatoms. The summed E-state index contributed by atoms with van der Waals surface area (Å²) in [5.74, 6) is 0.384. The van der Waals surface area contributed by atoms with E-state index in [2.05, 4.69) is 25.5 Å². The normalized spacial score (nSPS) is 14.5. The molecule has 1 atom stereocenters. The van der Waals surface area contributed by atoms with Crippen LogP contribution in [0.15, 0.2) is 54.7 Å². The van der Waals surface area contributed by atoms with E-state index in [0.29, 0.717) is 5.69 Å². The number of aryl methyl sites for hydroxylation is 1. The van der Waals surface area contributed by atoms with Gasteiger partial charge in [0.25, 0.3) is 5.95 Å². The molecule has 0 spiro atoms. The van der Waals surface area contributed by atoms with Gasteiger partial charge >= 0.3 is 6.09 Å². The minimum atomic E-state index is -0.633. The molecule has 5 rings (SSSR count). The summed E-state index contributed by atoms with van der Waals surface area (Å²) in [5, 5.41) is 20.5. The highest BCUT2D eigenvalue weighted by molar-refractivity contribution is 5.91. The number of phenolic OH excluding ortho intramolecular Hbond substituents is 1. The number of anilines is 2. The van der Waals surface area contributed by atoms with Crippen molar-refractivity contribution in [2.75, 3.05) is 17.7 Å². The Labute approximate surface area is 172 Å². The number of nitrogens with one attached hydrogen (secondary N) is 2. The average Bonchev–Trinajstić information content (AvgIpc) is 3.10. The predicted octanol–water partition coefficient (Wildman–Crippen LogP) is 4.10. The first kappa shape index (κ1) is 18.0. The van der Waals surface area contributed by atoms with Crippen LogP contribution in [-0.2, 0) is 4.74 Å². The first-order valence-corrected chi connectivity index (χ1v) is 9.45. The molecule has 2 aromatic heterocycles. The van der Waals surface area contributed by atoms with Crippen molar-refractivity contribution in [3.8, 4) is 17.0 Å². The van der Waals surface area contributed by atoms with E-state index in [0.717, 1.165) is 33.5 Å². The summed E-state index contributed by atoms with van der Waals surface area (Å²) in [7, 11) is 1.29. The van der Waals surface area contributed by atoms with Crippen molar-refractivity contribution in [2.24, 2.45) is 0 Å². The molecule has 1 aliphatic rings. The molecule has 2 aromatic carbocycles. The molecule has 0 saturated carbocycles. The number of amides is 1. The Morgan fingerprint density at radius 3 is 2.83 bits per heavy atom. The van der Waals surface area contributed by atoms with E-state index in [4.69, 9.17) is 0 Å². The van der Waals surface area contributed by atoms with Gasteiger partial charge in [0.15, 0.2) is 0 Å². The minimum Gasteiger partial charge on any atom is -0.508 e. The molecule has 0 radical (unpaired) electrons. The molecule has 8 nitrogen and oxygen atoms in total. The summed E-state index contributed by atoms with van der Waals surface area (Å²) in [5.41, 5.74) is 6.38. The fraction of sp³-hybridized carbons (Fsp3) is 0.136. The lowest BCUT2D eigenvalue weighted by Crippen LogP contribution is -2.15. The maximum Gasteiger partial charge on any atom is 0.413 e. The lowest BCUT2D eigenvalue weighted by atomic mass is 9.95. The minimum absolute atomic E-state index is 0.153. The number of para-hydroxylation sites is 1. The highest BCUT2D eigenvalue weighted by Gasteiger charge is 2.28. The van der Waals surface area contributed by atoms with Crippen LogP contribution in [0, 0.1) is 6.92 Å². The highest BCUT2D eigenvalue weighted by atomic mass is 16.5. The van der Waals surface area contributed by atoms with E-state index in [1.165, 1.54) is 7.11 Å². The molecule has 150 valence electrons. The summed E-state index contributed by atoms with van der Waals surface area (Å²) in [6.07, 6.45) is 1.21. The van der Waals surface area contributed by atoms with E-state index < -0.39 is 6.09 Å². The van der Waals surface area contributed by atoms with Gasteiger partial charge in [0.2, 0.25) is 0 Å². The molecule has 30 heavy (non-hydrogen) atoms. The second-order valence-electron chi connectivity index (χ2n) is 7.13. The number of carbonyl (C=O) groups excluding carboxylic acids is 1. The highest BCUT2D eigenvalue weighted by Crippen LogP contribution is 2.42. The largest absolute Gasteiger partial charge is 0.508 e. The molecule has 1 unspecified atom stereocenters. The summed E-state index contributed by atoms with van der Waals surface area (Å²) in [6, 6.07) is 15.1. The third kappa shape index (κ3) is 2.81. The quantitative estimate of drug-likeness (QED) is 0.467. The van der Waals surface area contributed by atoms with Crippen molar-refractivity contribution in [2.45, 2.75) is 13.0 Å². The number of fused-ring (bicyclic) bond motifs is 2. The SMILES string of the molecule is COC(=O)Nc1nc2c3c(ccn3n1)C(c1ccc(O)cc1C)Nc1ccccc1-2. The first-order valence-electron chi connectivity index (χ1n) is 9.45. The van der Waals surface area contributed by atoms with Crippen LogP contribution < -0.4 is 10.6 Å². The number of nitrogens with zero attached hydrogens (tertiary/aromatic N) is 3. The zero-order valence-electron chi connectivity index (χ0n) is 16.4. The Kier molecular flexibility index (Phi) is 4.06. The second-order valence-corrected chi connectivity index (χ2v) is 7.13.